The number of likely N-dealkylation sites (tertiary alicyclic amines) is 1. The Bertz CT molecular complexity index is 891. The second-order valence-electron chi connectivity index (χ2n) is 7.51. The van der Waals surface area contributed by atoms with Gasteiger partial charge >= 0.3 is 5.97 Å². The number of aryl methyl sites for hydroxylation is 2. The Morgan fingerprint density at radius 1 is 1.03 bits per heavy atom. The van der Waals surface area contributed by atoms with Crippen LogP contribution < -0.4 is 9.47 Å². The van der Waals surface area contributed by atoms with E-state index in [-0.39, 0.29) is 18.9 Å². The van der Waals surface area contributed by atoms with Gasteiger partial charge in [0.1, 0.15) is 24.7 Å². The maximum Gasteiger partial charge on any atom is 0.308 e. The minimum Gasteiger partial charge on any atom is -0.490 e. The van der Waals surface area contributed by atoms with Crippen LogP contribution in [-0.2, 0) is 16.1 Å². The van der Waals surface area contributed by atoms with Crippen LogP contribution in [0.3, 0.4) is 0 Å². The lowest BCUT2D eigenvalue weighted by molar-refractivity contribution is -0.141. The number of benzene rings is 2. The van der Waals surface area contributed by atoms with Gasteiger partial charge in [-0.1, -0.05) is 24.3 Å². The molecule has 0 aromatic heterocycles. The molecule has 1 unspecified atom stereocenters. The number of hydrogen-bond donors (Lipinski definition) is 1. The molecular weight excluding hydrogens is 370 g/mol. The van der Waals surface area contributed by atoms with Crippen molar-refractivity contribution in [2.45, 2.75) is 33.7 Å². The molecular formula is C23H27NO5. The fourth-order valence-corrected chi connectivity index (χ4v) is 3.45. The number of nitrogens with zero attached hydrogens (tertiary/aromatic N) is 1. The maximum absolute atomic E-state index is 11.9. The Balaban J connectivity index is 1.47. The highest BCUT2D eigenvalue weighted by Crippen LogP contribution is 2.26. The molecule has 1 atom stereocenters. The van der Waals surface area contributed by atoms with E-state index in [1.54, 1.807) is 4.90 Å². The fraction of sp³-hybridized carbons (Fsp3) is 0.391. The number of aliphatic carboxylic acids is 1. The Morgan fingerprint density at radius 3 is 2.34 bits per heavy atom. The molecule has 1 fully saturated rings. The van der Waals surface area contributed by atoms with Crippen LogP contribution >= 0.6 is 0 Å². The predicted octanol–water partition coefficient (Wildman–Crippen LogP) is 3.50. The lowest BCUT2D eigenvalue weighted by Gasteiger charge is -2.16. The molecule has 1 aliphatic rings. The Hall–Kier alpha value is -3.02. The second-order valence-corrected chi connectivity index (χ2v) is 7.51. The molecule has 1 amide bonds. The first-order valence-electron chi connectivity index (χ1n) is 9.77. The van der Waals surface area contributed by atoms with Crippen molar-refractivity contribution in [3.8, 4) is 11.5 Å². The van der Waals surface area contributed by atoms with Gasteiger partial charge in [0.2, 0.25) is 5.91 Å². The van der Waals surface area contributed by atoms with Gasteiger partial charge < -0.3 is 19.5 Å². The fourth-order valence-electron chi connectivity index (χ4n) is 3.45. The summed E-state index contributed by atoms with van der Waals surface area (Å²) in [5.74, 6) is 0.00958. The third-order valence-corrected chi connectivity index (χ3v) is 5.33. The molecule has 1 heterocycles. The van der Waals surface area contributed by atoms with Gasteiger partial charge in [-0.05, 0) is 55.2 Å². The molecule has 1 saturated heterocycles. The van der Waals surface area contributed by atoms with E-state index >= 15 is 0 Å². The van der Waals surface area contributed by atoms with Crippen LogP contribution in [0.2, 0.25) is 0 Å². The number of rotatable bonds is 8. The Kier molecular flexibility index (Phi) is 6.42. The van der Waals surface area contributed by atoms with Gasteiger partial charge in [-0.3, -0.25) is 9.59 Å². The summed E-state index contributed by atoms with van der Waals surface area (Å²) in [6.45, 7) is 7.71. The molecule has 0 spiro atoms. The Labute approximate surface area is 171 Å². The van der Waals surface area contributed by atoms with Crippen molar-refractivity contribution in [3.63, 3.8) is 0 Å². The first-order chi connectivity index (χ1) is 13.8. The standard InChI is InChI=1S/C23H27NO5/c1-15-4-5-16(2)22(17(15)3)29-11-10-28-20-8-6-18(7-9-20)13-24-14-19(23(26)27)12-21(24)25/h4-9,19H,10-14H2,1-3H3,(H,26,27). The molecule has 29 heavy (non-hydrogen) atoms. The highest BCUT2D eigenvalue weighted by atomic mass is 16.5. The zero-order valence-electron chi connectivity index (χ0n) is 17.1. The van der Waals surface area contributed by atoms with Crippen molar-refractivity contribution >= 4 is 11.9 Å². The molecule has 0 aliphatic carbocycles. The number of carboxylic acids is 1. The lowest BCUT2D eigenvalue weighted by atomic mass is 10.1. The van der Waals surface area contributed by atoms with Gasteiger partial charge in [0.15, 0.2) is 0 Å². The van der Waals surface area contributed by atoms with E-state index in [9.17, 15) is 9.59 Å². The molecule has 2 aromatic rings. The molecule has 0 bridgehead atoms. The summed E-state index contributed by atoms with van der Waals surface area (Å²) in [7, 11) is 0. The van der Waals surface area contributed by atoms with E-state index in [2.05, 4.69) is 26.0 Å². The van der Waals surface area contributed by atoms with E-state index in [1.807, 2.05) is 31.2 Å². The minimum absolute atomic E-state index is 0.0798. The second kappa shape index (κ2) is 8.99. The highest BCUT2D eigenvalue weighted by Gasteiger charge is 2.33. The lowest BCUT2D eigenvalue weighted by Crippen LogP contribution is -2.25. The van der Waals surface area contributed by atoms with Crippen LogP contribution in [0.25, 0.3) is 0 Å². The van der Waals surface area contributed by atoms with Gasteiger partial charge in [0.05, 0.1) is 5.92 Å². The summed E-state index contributed by atoms with van der Waals surface area (Å²) in [4.78, 5) is 24.6. The molecule has 0 radical (unpaired) electrons. The summed E-state index contributed by atoms with van der Waals surface area (Å²) < 4.78 is 11.7. The quantitative estimate of drug-likeness (QED) is 0.690. The number of carbonyl (C=O) groups excluding carboxylic acids is 1. The van der Waals surface area contributed by atoms with E-state index in [4.69, 9.17) is 14.6 Å². The van der Waals surface area contributed by atoms with Crippen molar-refractivity contribution < 1.29 is 24.2 Å². The molecule has 0 saturated carbocycles. The average molecular weight is 397 g/mol. The van der Waals surface area contributed by atoms with Crippen LogP contribution in [0.15, 0.2) is 36.4 Å². The summed E-state index contributed by atoms with van der Waals surface area (Å²) in [6.07, 6.45) is 0.0798. The van der Waals surface area contributed by atoms with Gasteiger partial charge in [-0.25, -0.2) is 0 Å². The van der Waals surface area contributed by atoms with E-state index < -0.39 is 11.9 Å². The van der Waals surface area contributed by atoms with Gasteiger partial charge in [0.25, 0.3) is 0 Å². The number of carboxylic acid groups (broad SMARTS) is 1. The molecule has 1 aliphatic heterocycles. The maximum atomic E-state index is 11.9. The SMILES string of the molecule is Cc1ccc(C)c(OCCOc2ccc(CN3CC(C(=O)O)CC3=O)cc2)c1C. The van der Waals surface area contributed by atoms with Gasteiger partial charge in [-0.2, -0.15) is 0 Å². The monoisotopic (exact) mass is 397 g/mol. The highest BCUT2D eigenvalue weighted by molar-refractivity contribution is 5.86. The molecule has 6 nitrogen and oxygen atoms in total. The van der Waals surface area contributed by atoms with Crippen molar-refractivity contribution in [2.24, 2.45) is 5.92 Å². The van der Waals surface area contributed by atoms with Crippen molar-refractivity contribution in [1.82, 2.24) is 4.90 Å². The van der Waals surface area contributed by atoms with Crippen molar-refractivity contribution in [3.05, 3.63) is 58.7 Å². The van der Waals surface area contributed by atoms with Crippen LogP contribution in [0, 0.1) is 26.7 Å². The molecule has 2 aromatic carbocycles. The zero-order valence-corrected chi connectivity index (χ0v) is 17.1. The largest absolute Gasteiger partial charge is 0.490 e. The molecule has 3 rings (SSSR count). The van der Waals surface area contributed by atoms with E-state index in [0.717, 1.165) is 28.2 Å². The average Bonchev–Trinajstić information content (AvgIpc) is 3.06. The predicted molar refractivity (Wildman–Crippen MR) is 109 cm³/mol. The summed E-state index contributed by atoms with van der Waals surface area (Å²) >= 11 is 0. The summed E-state index contributed by atoms with van der Waals surface area (Å²) in [6, 6.07) is 11.6. The third kappa shape index (κ3) is 5.08. The van der Waals surface area contributed by atoms with Crippen molar-refractivity contribution in [1.29, 1.82) is 0 Å². The number of amides is 1. The van der Waals surface area contributed by atoms with Crippen LogP contribution in [-0.4, -0.2) is 41.6 Å². The summed E-state index contributed by atoms with van der Waals surface area (Å²) in [5, 5.41) is 9.06. The van der Waals surface area contributed by atoms with Crippen LogP contribution in [0.5, 0.6) is 11.5 Å². The molecule has 154 valence electrons. The van der Waals surface area contributed by atoms with Gasteiger partial charge in [-0.15, -0.1) is 0 Å². The third-order valence-electron chi connectivity index (χ3n) is 5.33. The van der Waals surface area contributed by atoms with Crippen LogP contribution in [0.4, 0.5) is 0 Å². The minimum atomic E-state index is -0.914. The topological polar surface area (TPSA) is 76.1 Å². The normalized spacial score (nSPS) is 16.2. The number of carbonyl (C=O) groups is 2. The first-order valence-corrected chi connectivity index (χ1v) is 9.77. The van der Waals surface area contributed by atoms with Gasteiger partial charge in [0, 0.05) is 19.5 Å². The van der Waals surface area contributed by atoms with Crippen molar-refractivity contribution in [2.75, 3.05) is 19.8 Å². The summed E-state index contributed by atoms with van der Waals surface area (Å²) in [5.41, 5.74) is 4.40. The number of hydrogen-bond acceptors (Lipinski definition) is 4. The van der Waals surface area contributed by atoms with E-state index in [0.29, 0.717) is 19.8 Å². The Morgan fingerprint density at radius 2 is 1.69 bits per heavy atom. The smallest absolute Gasteiger partial charge is 0.308 e. The zero-order chi connectivity index (χ0) is 21.0. The number of ether oxygens (including phenoxy) is 2. The molecule has 1 N–H and O–H groups in total. The molecule has 6 heteroatoms. The first kappa shape index (κ1) is 20.7. The van der Waals surface area contributed by atoms with E-state index in [1.165, 1.54) is 5.56 Å². The van der Waals surface area contributed by atoms with Crippen LogP contribution in [0.1, 0.15) is 28.7 Å².